The van der Waals surface area contributed by atoms with Crippen LogP contribution in [0.5, 0.6) is 0 Å². The smallest absolute Gasteiger partial charge is 0.150 e. The highest BCUT2D eigenvalue weighted by molar-refractivity contribution is 5.34. The third-order valence-electron chi connectivity index (χ3n) is 2.36. The minimum absolute atomic E-state index is 0.00404. The predicted octanol–water partition coefficient (Wildman–Crippen LogP) is 2.11. The van der Waals surface area contributed by atoms with Gasteiger partial charge in [-0.25, -0.2) is 8.78 Å². The van der Waals surface area contributed by atoms with Crippen molar-refractivity contribution in [1.29, 1.82) is 5.26 Å². The van der Waals surface area contributed by atoms with E-state index in [1.165, 1.54) is 6.20 Å². The van der Waals surface area contributed by atoms with Gasteiger partial charge in [0.15, 0.2) is 0 Å². The highest BCUT2D eigenvalue weighted by Gasteiger charge is 2.11. The third-order valence-corrected chi connectivity index (χ3v) is 2.36. The van der Waals surface area contributed by atoms with E-state index in [9.17, 15) is 8.78 Å². The molecular formula is C12H9F2N3O. The second-order valence-electron chi connectivity index (χ2n) is 3.61. The van der Waals surface area contributed by atoms with Gasteiger partial charge in [0.2, 0.25) is 0 Å². The second kappa shape index (κ2) is 5.38. The van der Waals surface area contributed by atoms with Crippen LogP contribution in [0.2, 0.25) is 0 Å². The van der Waals surface area contributed by atoms with Crippen LogP contribution in [-0.2, 0) is 13.1 Å². The molecule has 0 bridgehead atoms. The highest BCUT2D eigenvalue weighted by Crippen LogP contribution is 2.15. The molecule has 0 amide bonds. The second-order valence-corrected chi connectivity index (χ2v) is 3.61. The fourth-order valence-electron chi connectivity index (χ4n) is 1.48. The van der Waals surface area contributed by atoms with E-state index >= 15 is 0 Å². The molecular weight excluding hydrogens is 240 g/mol. The maximum Gasteiger partial charge on any atom is 0.150 e. The average molecular weight is 249 g/mol. The summed E-state index contributed by atoms with van der Waals surface area (Å²) in [5.41, 5.74) is -0.141. The normalized spacial score (nSPS) is 10.3. The Bertz CT molecular complexity index is 552. The van der Waals surface area contributed by atoms with Crippen molar-refractivity contribution in [3.05, 3.63) is 52.9 Å². The van der Waals surface area contributed by atoms with Crippen molar-refractivity contribution in [1.82, 2.24) is 10.5 Å². The minimum Gasteiger partial charge on any atom is -0.360 e. The molecule has 0 saturated heterocycles. The van der Waals surface area contributed by atoms with Crippen LogP contribution in [-0.4, -0.2) is 5.16 Å². The lowest BCUT2D eigenvalue weighted by Gasteiger charge is -2.06. The first-order valence-electron chi connectivity index (χ1n) is 5.19. The largest absolute Gasteiger partial charge is 0.360 e. The Morgan fingerprint density at radius 3 is 2.56 bits per heavy atom. The number of nitrogens with one attached hydrogen (secondary N) is 1. The van der Waals surface area contributed by atoms with Crippen molar-refractivity contribution in [3.63, 3.8) is 0 Å². The lowest BCUT2D eigenvalue weighted by atomic mass is 10.1. The van der Waals surface area contributed by atoms with E-state index in [1.807, 2.05) is 0 Å². The molecule has 0 fully saturated rings. The zero-order chi connectivity index (χ0) is 13.0. The molecule has 2 rings (SSSR count). The van der Waals surface area contributed by atoms with Gasteiger partial charge >= 0.3 is 0 Å². The standard InChI is InChI=1S/C12H9F2N3O/c13-11-3-8(5-15)4-12(14)10(11)7-16-6-9-1-2-17-18-9/h1-4,16H,6-7H2. The SMILES string of the molecule is N#Cc1cc(F)c(CNCc2ccno2)c(F)c1. The molecule has 1 aromatic carbocycles. The summed E-state index contributed by atoms with van der Waals surface area (Å²) in [4.78, 5) is 0. The summed E-state index contributed by atoms with van der Waals surface area (Å²) in [6.07, 6.45) is 1.49. The molecule has 1 aromatic heterocycles. The Labute approximate surface area is 102 Å². The van der Waals surface area contributed by atoms with Gasteiger partial charge in [-0.2, -0.15) is 5.26 Å². The number of benzene rings is 1. The first kappa shape index (κ1) is 12.2. The van der Waals surface area contributed by atoms with Crippen LogP contribution < -0.4 is 5.32 Å². The number of rotatable bonds is 4. The van der Waals surface area contributed by atoms with Gasteiger partial charge in [-0.1, -0.05) is 5.16 Å². The lowest BCUT2D eigenvalue weighted by molar-refractivity contribution is 0.371. The average Bonchev–Trinajstić information content (AvgIpc) is 2.85. The van der Waals surface area contributed by atoms with Crippen LogP contribution in [0.25, 0.3) is 0 Å². The zero-order valence-corrected chi connectivity index (χ0v) is 9.28. The van der Waals surface area contributed by atoms with Gasteiger partial charge in [-0.15, -0.1) is 0 Å². The molecule has 0 unspecified atom stereocenters. The van der Waals surface area contributed by atoms with Crippen LogP contribution in [0.4, 0.5) is 8.78 Å². The number of nitrogens with zero attached hydrogens (tertiary/aromatic N) is 2. The summed E-state index contributed by atoms with van der Waals surface area (Å²) in [6.45, 7) is 0.322. The van der Waals surface area contributed by atoms with Crippen LogP contribution in [0.1, 0.15) is 16.9 Å². The molecule has 0 atom stereocenters. The quantitative estimate of drug-likeness (QED) is 0.901. The van der Waals surface area contributed by atoms with Crippen LogP contribution in [0.15, 0.2) is 28.9 Å². The summed E-state index contributed by atoms with van der Waals surface area (Å²) in [7, 11) is 0. The van der Waals surface area contributed by atoms with Gasteiger partial charge in [0.1, 0.15) is 17.4 Å². The third kappa shape index (κ3) is 2.70. The van der Waals surface area contributed by atoms with Crippen molar-refractivity contribution >= 4 is 0 Å². The van der Waals surface area contributed by atoms with Crippen molar-refractivity contribution in [3.8, 4) is 6.07 Å². The van der Waals surface area contributed by atoms with Gasteiger partial charge in [0.25, 0.3) is 0 Å². The van der Waals surface area contributed by atoms with Gasteiger partial charge in [-0.05, 0) is 12.1 Å². The van der Waals surface area contributed by atoms with Gasteiger partial charge < -0.3 is 9.84 Å². The maximum absolute atomic E-state index is 13.5. The topological polar surface area (TPSA) is 61.9 Å². The van der Waals surface area contributed by atoms with Gasteiger partial charge in [0.05, 0.1) is 24.4 Å². The van der Waals surface area contributed by atoms with Gasteiger partial charge in [0, 0.05) is 18.2 Å². The van der Waals surface area contributed by atoms with Crippen LogP contribution in [0.3, 0.4) is 0 Å². The zero-order valence-electron chi connectivity index (χ0n) is 9.28. The van der Waals surface area contributed by atoms with E-state index in [-0.39, 0.29) is 17.7 Å². The summed E-state index contributed by atoms with van der Waals surface area (Å²) in [6, 6.07) is 5.36. The van der Waals surface area contributed by atoms with Crippen molar-refractivity contribution < 1.29 is 13.3 Å². The molecule has 2 aromatic rings. The van der Waals surface area contributed by atoms with Crippen LogP contribution >= 0.6 is 0 Å². The number of hydrogen-bond donors (Lipinski definition) is 1. The lowest BCUT2D eigenvalue weighted by Crippen LogP contribution is -2.14. The molecule has 0 aliphatic carbocycles. The summed E-state index contributed by atoms with van der Waals surface area (Å²) in [5.74, 6) is -0.905. The van der Waals surface area contributed by atoms with Crippen molar-refractivity contribution in [2.75, 3.05) is 0 Å². The molecule has 0 aliphatic rings. The summed E-state index contributed by atoms with van der Waals surface area (Å²) in [5, 5.41) is 14.9. The molecule has 6 heteroatoms. The molecule has 0 radical (unpaired) electrons. The number of aromatic nitrogens is 1. The molecule has 1 heterocycles. The fourth-order valence-corrected chi connectivity index (χ4v) is 1.48. The Balaban J connectivity index is 2.03. The Hall–Kier alpha value is -2.26. The van der Waals surface area contributed by atoms with E-state index in [1.54, 1.807) is 12.1 Å². The Morgan fingerprint density at radius 1 is 1.28 bits per heavy atom. The fraction of sp³-hybridized carbons (Fsp3) is 0.167. The summed E-state index contributed by atoms with van der Waals surface area (Å²) >= 11 is 0. The number of hydrogen-bond acceptors (Lipinski definition) is 4. The summed E-state index contributed by atoms with van der Waals surface area (Å²) < 4.78 is 31.8. The monoisotopic (exact) mass is 249 g/mol. The first-order valence-corrected chi connectivity index (χ1v) is 5.19. The van der Waals surface area contributed by atoms with E-state index < -0.39 is 11.6 Å². The molecule has 1 N–H and O–H groups in total. The van der Waals surface area contributed by atoms with E-state index in [0.29, 0.717) is 12.3 Å². The van der Waals surface area contributed by atoms with E-state index in [4.69, 9.17) is 9.78 Å². The maximum atomic E-state index is 13.5. The molecule has 0 saturated carbocycles. The molecule has 92 valence electrons. The van der Waals surface area contributed by atoms with E-state index in [2.05, 4.69) is 10.5 Å². The van der Waals surface area contributed by atoms with E-state index in [0.717, 1.165) is 12.1 Å². The highest BCUT2D eigenvalue weighted by atomic mass is 19.1. The van der Waals surface area contributed by atoms with Gasteiger partial charge in [-0.3, -0.25) is 0 Å². The number of halogens is 2. The van der Waals surface area contributed by atoms with Crippen molar-refractivity contribution in [2.24, 2.45) is 0 Å². The van der Waals surface area contributed by atoms with Crippen LogP contribution in [0, 0.1) is 23.0 Å². The Morgan fingerprint density at radius 2 is 2.00 bits per heavy atom. The predicted molar refractivity (Wildman–Crippen MR) is 58.1 cm³/mol. The number of nitriles is 1. The minimum atomic E-state index is -0.739. The first-order chi connectivity index (χ1) is 8.70. The van der Waals surface area contributed by atoms with Crippen molar-refractivity contribution in [2.45, 2.75) is 13.1 Å². The molecule has 18 heavy (non-hydrogen) atoms. The molecule has 0 aliphatic heterocycles. The Kier molecular flexibility index (Phi) is 3.65. The molecule has 0 spiro atoms. The molecule has 4 nitrogen and oxygen atoms in total.